The van der Waals surface area contributed by atoms with Gasteiger partial charge in [-0.25, -0.2) is 0 Å². The molecule has 4 aromatic carbocycles. The van der Waals surface area contributed by atoms with Crippen LogP contribution in [0.2, 0.25) is 0 Å². The Kier molecular flexibility index (Phi) is 8.82. The lowest BCUT2D eigenvalue weighted by atomic mass is 9.82. The molecule has 0 saturated heterocycles. The summed E-state index contributed by atoms with van der Waals surface area (Å²) in [4.78, 5) is 13.0. The van der Waals surface area contributed by atoms with Gasteiger partial charge in [-0.2, -0.15) is 26.3 Å². The lowest BCUT2D eigenvalue weighted by Crippen LogP contribution is -2.38. The van der Waals surface area contributed by atoms with Gasteiger partial charge in [-0.15, -0.1) is 0 Å². The Balaban J connectivity index is 1.54. The molecular weight excluding hydrogens is 534 g/mol. The van der Waals surface area contributed by atoms with E-state index < -0.39 is 41.1 Å². The number of hydrogen-bond donors (Lipinski definition) is 0. The maximum absolute atomic E-state index is 14.1. The third-order valence-electron chi connectivity index (χ3n) is 6.15. The summed E-state index contributed by atoms with van der Waals surface area (Å²) in [6.45, 7) is 0.284. The number of ether oxygens (including phenoxy) is 2. The number of carbonyl (C=O) groups is 1. The molecule has 0 fully saturated rings. The standard InChI is InChI=1S/C31H24F6O3/c32-30(33,34)27(23-11-15-25(16-12-23)39-19-21-7-3-1-4-8-21)29(38)28(31(35,36)37)24-13-17-26(18-14-24)40-20-22-9-5-2-6-10-22/h1-18,27-28H,19-20H2. The van der Waals surface area contributed by atoms with Crippen molar-refractivity contribution in [3.63, 3.8) is 0 Å². The predicted octanol–water partition coefficient (Wildman–Crippen LogP) is 8.41. The van der Waals surface area contributed by atoms with E-state index in [4.69, 9.17) is 9.47 Å². The first-order valence-electron chi connectivity index (χ1n) is 12.2. The summed E-state index contributed by atoms with van der Waals surface area (Å²) in [5.74, 6) is -7.58. The number of Topliss-reactive ketones (excluding diaryl/α,β-unsaturated/α-hetero) is 1. The third-order valence-corrected chi connectivity index (χ3v) is 6.15. The molecule has 0 aliphatic rings. The van der Waals surface area contributed by atoms with Gasteiger partial charge in [-0.1, -0.05) is 84.9 Å². The molecule has 9 heteroatoms. The zero-order valence-corrected chi connectivity index (χ0v) is 21.0. The van der Waals surface area contributed by atoms with Crippen LogP contribution in [0, 0.1) is 0 Å². The molecule has 0 aromatic heterocycles. The van der Waals surface area contributed by atoms with Gasteiger partial charge < -0.3 is 9.47 Å². The number of halogens is 6. The molecule has 40 heavy (non-hydrogen) atoms. The van der Waals surface area contributed by atoms with Crippen molar-refractivity contribution in [1.29, 1.82) is 0 Å². The molecule has 0 N–H and O–H groups in total. The largest absolute Gasteiger partial charge is 0.489 e. The Morgan fingerprint density at radius 2 is 0.850 bits per heavy atom. The van der Waals surface area contributed by atoms with Gasteiger partial charge in [0.1, 0.15) is 36.5 Å². The molecule has 4 aromatic rings. The Morgan fingerprint density at radius 3 is 1.15 bits per heavy atom. The van der Waals surface area contributed by atoms with Crippen molar-refractivity contribution in [3.8, 4) is 11.5 Å². The smallest absolute Gasteiger partial charge is 0.402 e. The molecule has 3 nitrogen and oxygen atoms in total. The van der Waals surface area contributed by atoms with Crippen LogP contribution in [0.25, 0.3) is 0 Å². The normalized spacial score (nSPS) is 13.3. The molecule has 2 atom stereocenters. The van der Waals surface area contributed by atoms with Crippen LogP contribution in [-0.2, 0) is 18.0 Å². The summed E-state index contributed by atoms with van der Waals surface area (Å²) >= 11 is 0. The van der Waals surface area contributed by atoms with E-state index in [0.717, 1.165) is 35.4 Å². The van der Waals surface area contributed by atoms with Gasteiger partial charge in [0.15, 0.2) is 5.78 Å². The zero-order valence-electron chi connectivity index (χ0n) is 21.0. The second-order valence-electron chi connectivity index (χ2n) is 9.04. The van der Waals surface area contributed by atoms with E-state index in [0.29, 0.717) is 0 Å². The number of ketones is 1. The van der Waals surface area contributed by atoms with E-state index in [2.05, 4.69) is 0 Å². The molecule has 0 amide bonds. The number of hydrogen-bond acceptors (Lipinski definition) is 3. The highest BCUT2D eigenvalue weighted by Crippen LogP contribution is 2.45. The first-order chi connectivity index (χ1) is 19.0. The van der Waals surface area contributed by atoms with Crippen LogP contribution >= 0.6 is 0 Å². The van der Waals surface area contributed by atoms with E-state index in [1.807, 2.05) is 12.1 Å². The van der Waals surface area contributed by atoms with Crippen LogP contribution in [0.5, 0.6) is 11.5 Å². The lowest BCUT2D eigenvalue weighted by molar-refractivity contribution is -0.183. The van der Waals surface area contributed by atoms with Gasteiger partial charge in [-0.05, 0) is 46.5 Å². The molecule has 0 bridgehead atoms. The van der Waals surface area contributed by atoms with E-state index in [1.54, 1.807) is 48.5 Å². The summed E-state index contributed by atoms with van der Waals surface area (Å²) in [6, 6.07) is 26.7. The molecule has 0 radical (unpaired) electrons. The number of carbonyl (C=O) groups excluding carboxylic acids is 1. The molecule has 208 valence electrons. The summed E-state index contributed by atoms with van der Waals surface area (Å²) in [7, 11) is 0. The van der Waals surface area contributed by atoms with Crippen LogP contribution in [0.3, 0.4) is 0 Å². The Morgan fingerprint density at radius 1 is 0.525 bits per heavy atom. The maximum Gasteiger partial charge on any atom is 0.402 e. The van der Waals surface area contributed by atoms with Crippen LogP contribution in [0.15, 0.2) is 109 Å². The predicted molar refractivity (Wildman–Crippen MR) is 137 cm³/mol. The Hall–Kier alpha value is -4.27. The molecule has 0 heterocycles. The van der Waals surface area contributed by atoms with Crippen molar-refractivity contribution < 1.29 is 40.6 Å². The quantitative estimate of drug-likeness (QED) is 0.183. The first-order valence-corrected chi connectivity index (χ1v) is 12.2. The molecule has 0 spiro atoms. The van der Waals surface area contributed by atoms with Gasteiger partial charge in [0.25, 0.3) is 0 Å². The zero-order chi connectivity index (χ0) is 28.8. The highest BCUT2D eigenvalue weighted by molar-refractivity contribution is 5.93. The average Bonchev–Trinajstić information content (AvgIpc) is 2.92. The molecule has 0 aliphatic carbocycles. The Bertz CT molecular complexity index is 1260. The number of benzene rings is 4. The molecule has 0 aliphatic heterocycles. The van der Waals surface area contributed by atoms with Crippen molar-refractivity contribution in [2.24, 2.45) is 0 Å². The molecule has 4 rings (SSSR count). The van der Waals surface area contributed by atoms with Gasteiger partial charge in [0.05, 0.1) is 0 Å². The number of rotatable bonds is 10. The van der Waals surface area contributed by atoms with Crippen LogP contribution in [0.4, 0.5) is 26.3 Å². The summed E-state index contributed by atoms with van der Waals surface area (Å²) in [6.07, 6.45) is -10.5. The SMILES string of the molecule is O=C(C(c1ccc(OCc2ccccc2)cc1)C(F)(F)F)C(c1ccc(OCc2ccccc2)cc1)C(F)(F)F. The highest BCUT2D eigenvalue weighted by Gasteiger charge is 2.55. The first kappa shape index (κ1) is 28.7. The average molecular weight is 559 g/mol. The van der Waals surface area contributed by atoms with Crippen LogP contribution in [0.1, 0.15) is 34.1 Å². The minimum atomic E-state index is -5.26. The van der Waals surface area contributed by atoms with Crippen molar-refractivity contribution >= 4 is 5.78 Å². The second kappa shape index (κ2) is 12.3. The van der Waals surface area contributed by atoms with Crippen molar-refractivity contribution in [1.82, 2.24) is 0 Å². The van der Waals surface area contributed by atoms with E-state index >= 15 is 0 Å². The third kappa shape index (κ3) is 7.43. The fourth-order valence-corrected chi connectivity index (χ4v) is 4.19. The van der Waals surface area contributed by atoms with Gasteiger partial charge >= 0.3 is 12.4 Å². The summed E-state index contributed by atoms with van der Waals surface area (Å²) < 4.78 is 95.6. The van der Waals surface area contributed by atoms with Crippen LogP contribution in [-0.4, -0.2) is 18.1 Å². The van der Waals surface area contributed by atoms with Crippen molar-refractivity contribution in [2.75, 3.05) is 0 Å². The maximum atomic E-state index is 14.1. The fraction of sp³-hybridized carbons (Fsp3) is 0.194. The molecular formula is C31H24F6O3. The topological polar surface area (TPSA) is 35.5 Å². The second-order valence-corrected chi connectivity index (χ2v) is 9.04. The van der Waals surface area contributed by atoms with Gasteiger partial charge in [0.2, 0.25) is 0 Å². The number of alkyl halides is 6. The summed E-state index contributed by atoms with van der Waals surface area (Å²) in [5.41, 5.74) is 0.419. The fourth-order valence-electron chi connectivity index (χ4n) is 4.19. The van der Waals surface area contributed by atoms with Crippen molar-refractivity contribution in [2.45, 2.75) is 37.4 Å². The van der Waals surface area contributed by atoms with Crippen LogP contribution < -0.4 is 9.47 Å². The molecule has 0 saturated carbocycles. The van der Waals surface area contributed by atoms with Crippen molar-refractivity contribution in [3.05, 3.63) is 131 Å². The van der Waals surface area contributed by atoms with E-state index in [1.165, 1.54) is 24.3 Å². The monoisotopic (exact) mass is 558 g/mol. The van der Waals surface area contributed by atoms with Gasteiger partial charge in [-0.3, -0.25) is 4.79 Å². The molecule has 2 unspecified atom stereocenters. The summed E-state index contributed by atoms with van der Waals surface area (Å²) in [5, 5.41) is 0. The van der Waals surface area contributed by atoms with E-state index in [9.17, 15) is 31.1 Å². The minimum Gasteiger partial charge on any atom is -0.489 e. The Labute approximate surface area is 227 Å². The highest BCUT2D eigenvalue weighted by atomic mass is 19.4. The van der Waals surface area contributed by atoms with E-state index in [-0.39, 0.29) is 24.7 Å². The lowest BCUT2D eigenvalue weighted by Gasteiger charge is -2.27. The van der Waals surface area contributed by atoms with Gasteiger partial charge in [0, 0.05) is 0 Å². The minimum absolute atomic E-state index is 0.142.